The molecular weight excluding hydrogens is 258 g/mol. The Morgan fingerprint density at radius 3 is 2.58 bits per heavy atom. The van der Waals surface area contributed by atoms with Crippen molar-refractivity contribution in [3.8, 4) is 0 Å². The van der Waals surface area contributed by atoms with Crippen molar-refractivity contribution in [1.29, 1.82) is 0 Å². The normalized spacial score (nSPS) is 17.2. The van der Waals surface area contributed by atoms with Crippen LogP contribution in [0.2, 0.25) is 0 Å². The van der Waals surface area contributed by atoms with Gasteiger partial charge in [0.1, 0.15) is 6.04 Å². The first-order valence-corrected chi connectivity index (χ1v) is 5.73. The summed E-state index contributed by atoms with van der Waals surface area (Å²) in [6.07, 6.45) is -0.182. The number of hydrogen-bond acceptors (Lipinski definition) is 4. The summed E-state index contributed by atoms with van der Waals surface area (Å²) in [6.45, 7) is 1.86. The summed E-state index contributed by atoms with van der Waals surface area (Å²) >= 11 is 0. The number of fused-ring (bicyclic) bond motifs is 1. The van der Waals surface area contributed by atoms with Crippen LogP contribution in [0, 0.1) is 11.6 Å². The van der Waals surface area contributed by atoms with Crippen molar-refractivity contribution in [2.45, 2.75) is 19.4 Å². The maximum absolute atomic E-state index is 13.1. The van der Waals surface area contributed by atoms with Gasteiger partial charge in [-0.25, -0.2) is 8.78 Å². The Balaban J connectivity index is 2.17. The van der Waals surface area contributed by atoms with Crippen molar-refractivity contribution >= 4 is 23.3 Å². The fraction of sp³-hybridized carbons (Fsp3) is 0.333. The first kappa shape index (κ1) is 13.3. The van der Waals surface area contributed by atoms with E-state index in [9.17, 15) is 18.4 Å². The van der Waals surface area contributed by atoms with Crippen LogP contribution in [0.3, 0.4) is 0 Å². The van der Waals surface area contributed by atoms with Crippen LogP contribution < -0.4 is 10.6 Å². The summed E-state index contributed by atoms with van der Waals surface area (Å²) in [5.74, 6) is -3.12. The number of nitrogens with one attached hydrogen (secondary N) is 2. The molecular formula is C12H12F2N2O3. The molecule has 19 heavy (non-hydrogen) atoms. The molecule has 102 valence electrons. The summed E-state index contributed by atoms with van der Waals surface area (Å²) < 4.78 is 30.8. The summed E-state index contributed by atoms with van der Waals surface area (Å²) in [5.41, 5.74) is 0.372. The van der Waals surface area contributed by atoms with Gasteiger partial charge in [-0.15, -0.1) is 0 Å². The van der Waals surface area contributed by atoms with Gasteiger partial charge in [-0.3, -0.25) is 9.59 Å². The monoisotopic (exact) mass is 270 g/mol. The van der Waals surface area contributed by atoms with Crippen LogP contribution in [0.25, 0.3) is 0 Å². The zero-order valence-corrected chi connectivity index (χ0v) is 10.1. The van der Waals surface area contributed by atoms with E-state index in [1.54, 1.807) is 6.92 Å². The number of benzene rings is 1. The standard InChI is InChI=1S/C12H12F2N2O3/c1-2-19-11(17)5-10-12(18)16-9-4-7(14)6(13)3-8(9)15-10/h3-4,10,15H,2,5H2,1H3,(H,16,18). The molecule has 0 bridgehead atoms. The zero-order chi connectivity index (χ0) is 14.0. The molecule has 1 aliphatic rings. The molecule has 7 heteroatoms. The van der Waals surface area contributed by atoms with Crippen LogP contribution in [0.4, 0.5) is 20.2 Å². The van der Waals surface area contributed by atoms with Crippen LogP contribution in [-0.2, 0) is 14.3 Å². The molecule has 1 atom stereocenters. The van der Waals surface area contributed by atoms with Crippen LogP contribution in [-0.4, -0.2) is 24.5 Å². The maximum Gasteiger partial charge on any atom is 0.308 e. The van der Waals surface area contributed by atoms with Crippen LogP contribution in [0.5, 0.6) is 0 Å². The van der Waals surface area contributed by atoms with Gasteiger partial charge in [0.2, 0.25) is 5.91 Å². The van der Waals surface area contributed by atoms with Crippen molar-refractivity contribution < 1.29 is 23.1 Å². The SMILES string of the molecule is CCOC(=O)CC1Nc2cc(F)c(F)cc2NC1=O. The van der Waals surface area contributed by atoms with Gasteiger partial charge in [0, 0.05) is 12.1 Å². The molecule has 1 heterocycles. The average molecular weight is 270 g/mol. The number of anilines is 2. The van der Waals surface area contributed by atoms with E-state index in [2.05, 4.69) is 10.6 Å². The summed E-state index contributed by atoms with van der Waals surface area (Å²) in [4.78, 5) is 23.0. The molecule has 0 aromatic heterocycles. The molecule has 0 spiro atoms. The summed E-state index contributed by atoms with van der Waals surface area (Å²) in [6, 6.07) is 0.953. The molecule has 1 unspecified atom stereocenters. The zero-order valence-electron chi connectivity index (χ0n) is 10.1. The highest BCUT2D eigenvalue weighted by molar-refractivity contribution is 6.04. The van der Waals surface area contributed by atoms with E-state index >= 15 is 0 Å². The Hall–Kier alpha value is -2.18. The van der Waals surface area contributed by atoms with E-state index in [0.29, 0.717) is 0 Å². The van der Waals surface area contributed by atoms with Crippen molar-refractivity contribution in [2.24, 2.45) is 0 Å². The minimum Gasteiger partial charge on any atom is -0.466 e. The van der Waals surface area contributed by atoms with E-state index in [4.69, 9.17) is 4.74 Å². The third-order valence-corrected chi connectivity index (χ3v) is 2.64. The fourth-order valence-corrected chi connectivity index (χ4v) is 1.77. The summed E-state index contributed by atoms with van der Waals surface area (Å²) in [7, 11) is 0. The van der Waals surface area contributed by atoms with E-state index in [0.717, 1.165) is 12.1 Å². The first-order valence-electron chi connectivity index (χ1n) is 5.73. The molecule has 0 fully saturated rings. The summed E-state index contributed by atoms with van der Waals surface area (Å²) in [5, 5.41) is 5.09. The molecule has 5 nitrogen and oxygen atoms in total. The highest BCUT2D eigenvalue weighted by atomic mass is 19.2. The van der Waals surface area contributed by atoms with Gasteiger partial charge >= 0.3 is 5.97 Å². The van der Waals surface area contributed by atoms with Gasteiger partial charge < -0.3 is 15.4 Å². The Bertz CT molecular complexity index is 534. The van der Waals surface area contributed by atoms with Crippen molar-refractivity contribution in [2.75, 3.05) is 17.2 Å². The number of carbonyl (C=O) groups excluding carboxylic acids is 2. The average Bonchev–Trinajstić information content (AvgIpc) is 2.33. The van der Waals surface area contributed by atoms with E-state index in [1.807, 2.05) is 0 Å². The van der Waals surface area contributed by atoms with E-state index in [-0.39, 0.29) is 24.4 Å². The van der Waals surface area contributed by atoms with Crippen LogP contribution >= 0.6 is 0 Å². The van der Waals surface area contributed by atoms with E-state index < -0.39 is 29.6 Å². The predicted molar refractivity (Wildman–Crippen MR) is 63.6 cm³/mol. The second-order valence-corrected chi connectivity index (χ2v) is 4.01. The number of carbonyl (C=O) groups is 2. The topological polar surface area (TPSA) is 67.4 Å². The van der Waals surface area contributed by atoms with Gasteiger partial charge in [-0.05, 0) is 6.92 Å². The lowest BCUT2D eigenvalue weighted by atomic mass is 10.1. The third-order valence-electron chi connectivity index (χ3n) is 2.64. The molecule has 0 saturated carbocycles. The van der Waals surface area contributed by atoms with Crippen LogP contribution in [0.1, 0.15) is 13.3 Å². The quantitative estimate of drug-likeness (QED) is 0.819. The highest BCUT2D eigenvalue weighted by Crippen LogP contribution is 2.29. The molecule has 0 aliphatic carbocycles. The first-order chi connectivity index (χ1) is 9.01. The van der Waals surface area contributed by atoms with Gasteiger partial charge in [-0.2, -0.15) is 0 Å². The molecule has 1 aliphatic heterocycles. The minimum absolute atomic E-state index is 0.143. The number of halogens is 2. The maximum atomic E-state index is 13.1. The third kappa shape index (κ3) is 2.81. The lowest BCUT2D eigenvalue weighted by molar-refractivity contribution is -0.144. The Kier molecular flexibility index (Phi) is 3.64. The molecule has 1 aromatic carbocycles. The number of amides is 1. The lowest BCUT2D eigenvalue weighted by Gasteiger charge is -2.26. The molecule has 0 saturated heterocycles. The highest BCUT2D eigenvalue weighted by Gasteiger charge is 2.29. The van der Waals surface area contributed by atoms with Gasteiger partial charge in [0.25, 0.3) is 0 Å². The number of esters is 1. The molecule has 2 N–H and O–H groups in total. The van der Waals surface area contributed by atoms with Gasteiger partial charge in [-0.1, -0.05) is 0 Å². The van der Waals surface area contributed by atoms with E-state index in [1.165, 1.54) is 0 Å². The second-order valence-electron chi connectivity index (χ2n) is 4.01. The molecule has 0 radical (unpaired) electrons. The second kappa shape index (κ2) is 5.21. The van der Waals surface area contributed by atoms with Crippen LogP contribution in [0.15, 0.2) is 12.1 Å². The van der Waals surface area contributed by atoms with Gasteiger partial charge in [0.15, 0.2) is 11.6 Å². The Labute approximate surface area is 107 Å². The largest absolute Gasteiger partial charge is 0.466 e. The van der Waals surface area contributed by atoms with Crippen molar-refractivity contribution in [3.05, 3.63) is 23.8 Å². The Morgan fingerprint density at radius 2 is 1.95 bits per heavy atom. The fourth-order valence-electron chi connectivity index (χ4n) is 1.77. The smallest absolute Gasteiger partial charge is 0.308 e. The molecule has 1 amide bonds. The van der Waals surface area contributed by atoms with Crippen molar-refractivity contribution in [1.82, 2.24) is 0 Å². The predicted octanol–water partition coefficient (Wildman–Crippen LogP) is 1.65. The lowest BCUT2D eigenvalue weighted by Crippen LogP contribution is -2.40. The number of ether oxygens (including phenoxy) is 1. The molecule has 1 aromatic rings. The minimum atomic E-state index is -1.05. The van der Waals surface area contributed by atoms with Gasteiger partial charge in [0.05, 0.1) is 24.4 Å². The Morgan fingerprint density at radius 1 is 1.32 bits per heavy atom. The number of hydrogen-bond donors (Lipinski definition) is 2. The molecule has 2 rings (SSSR count). The number of rotatable bonds is 3. The van der Waals surface area contributed by atoms with Crippen molar-refractivity contribution in [3.63, 3.8) is 0 Å².